The number of aromatic nitrogens is 2. The molecule has 1 aromatic heterocycles. The van der Waals surface area contributed by atoms with Gasteiger partial charge in [-0.1, -0.05) is 6.92 Å². The van der Waals surface area contributed by atoms with Crippen molar-refractivity contribution >= 4 is 17.5 Å². The van der Waals surface area contributed by atoms with Gasteiger partial charge in [0, 0.05) is 51.8 Å². The maximum Gasteiger partial charge on any atom is 0.222 e. The number of nitrogens with zero attached hydrogens (tertiary/aromatic N) is 5. The molecule has 3 rings (SSSR count). The van der Waals surface area contributed by atoms with Crippen LogP contribution in [0.2, 0.25) is 0 Å². The smallest absolute Gasteiger partial charge is 0.222 e. The molecule has 6 nitrogen and oxygen atoms in total. The minimum atomic E-state index is 0.280. The quantitative estimate of drug-likeness (QED) is 0.844. The summed E-state index contributed by atoms with van der Waals surface area (Å²) in [7, 11) is 0. The minimum Gasteiger partial charge on any atom is -0.356 e. The molecule has 2 saturated heterocycles. The Kier molecular flexibility index (Phi) is 4.75. The molecular weight excluding hydrogens is 278 g/mol. The first-order chi connectivity index (χ1) is 10.8. The van der Waals surface area contributed by atoms with Crippen molar-refractivity contribution in [3.05, 3.63) is 12.4 Å². The molecule has 22 heavy (non-hydrogen) atoms. The summed E-state index contributed by atoms with van der Waals surface area (Å²) in [5, 5.41) is 0. The molecule has 2 aliphatic rings. The SMILES string of the molecule is CCCC(=O)N1CCN(c2cc(N3CCCC3)ncn2)CC1. The van der Waals surface area contributed by atoms with E-state index in [0.29, 0.717) is 6.42 Å². The maximum absolute atomic E-state index is 11.9. The fraction of sp³-hybridized carbons (Fsp3) is 0.688. The fourth-order valence-corrected chi connectivity index (χ4v) is 3.19. The van der Waals surface area contributed by atoms with Crippen molar-refractivity contribution in [2.75, 3.05) is 49.1 Å². The normalized spacial score (nSPS) is 18.9. The van der Waals surface area contributed by atoms with E-state index in [4.69, 9.17) is 0 Å². The van der Waals surface area contributed by atoms with E-state index >= 15 is 0 Å². The van der Waals surface area contributed by atoms with Gasteiger partial charge in [0.1, 0.15) is 18.0 Å². The number of hydrogen-bond donors (Lipinski definition) is 0. The summed E-state index contributed by atoms with van der Waals surface area (Å²) in [6.45, 7) is 7.53. The largest absolute Gasteiger partial charge is 0.356 e. The third-order valence-electron chi connectivity index (χ3n) is 4.49. The number of hydrogen-bond acceptors (Lipinski definition) is 5. The molecule has 0 aliphatic carbocycles. The zero-order valence-corrected chi connectivity index (χ0v) is 13.4. The van der Waals surface area contributed by atoms with Crippen molar-refractivity contribution in [3.8, 4) is 0 Å². The molecular formula is C16H25N5O. The average Bonchev–Trinajstić information content (AvgIpc) is 3.10. The van der Waals surface area contributed by atoms with Crippen LogP contribution in [0.4, 0.5) is 11.6 Å². The number of carbonyl (C=O) groups excluding carboxylic acids is 1. The van der Waals surface area contributed by atoms with E-state index in [1.165, 1.54) is 12.8 Å². The molecule has 0 N–H and O–H groups in total. The lowest BCUT2D eigenvalue weighted by Crippen LogP contribution is -2.49. The Labute approximate surface area is 132 Å². The topological polar surface area (TPSA) is 52.6 Å². The molecule has 1 aromatic rings. The summed E-state index contributed by atoms with van der Waals surface area (Å²) in [5.41, 5.74) is 0. The lowest BCUT2D eigenvalue weighted by atomic mass is 10.2. The number of rotatable bonds is 4. The van der Waals surface area contributed by atoms with Crippen LogP contribution in [-0.4, -0.2) is 60.0 Å². The highest BCUT2D eigenvalue weighted by Crippen LogP contribution is 2.22. The average molecular weight is 303 g/mol. The Bertz CT molecular complexity index is 507. The monoisotopic (exact) mass is 303 g/mol. The van der Waals surface area contributed by atoms with Crippen molar-refractivity contribution < 1.29 is 4.79 Å². The van der Waals surface area contributed by atoms with Gasteiger partial charge in [-0.3, -0.25) is 4.79 Å². The van der Waals surface area contributed by atoms with Gasteiger partial charge in [0.05, 0.1) is 0 Å². The van der Waals surface area contributed by atoms with E-state index in [0.717, 1.165) is 57.3 Å². The summed E-state index contributed by atoms with van der Waals surface area (Å²) in [6, 6.07) is 2.09. The molecule has 2 aliphatic heterocycles. The van der Waals surface area contributed by atoms with Crippen molar-refractivity contribution in [1.29, 1.82) is 0 Å². The summed E-state index contributed by atoms with van der Waals surface area (Å²) in [4.78, 5) is 27.3. The first kappa shape index (κ1) is 15.1. The van der Waals surface area contributed by atoms with Gasteiger partial charge >= 0.3 is 0 Å². The van der Waals surface area contributed by atoms with Gasteiger partial charge < -0.3 is 14.7 Å². The zero-order valence-electron chi connectivity index (χ0n) is 13.4. The van der Waals surface area contributed by atoms with Gasteiger partial charge in [0.2, 0.25) is 5.91 Å². The van der Waals surface area contributed by atoms with Crippen LogP contribution in [0.5, 0.6) is 0 Å². The molecule has 3 heterocycles. The van der Waals surface area contributed by atoms with Crippen molar-refractivity contribution in [2.24, 2.45) is 0 Å². The molecule has 0 spiro atoms. The first-order valence-electron chi connectivity index (χ1n) is 8.37. The first-order valence-corrected chi connectivity index (χ1v) is 8.37. The third kappa shape index (κ3) is 3.31. The van der Waals surface area contributed by atoms with Crippen LogP contribution < -0.4 is 9.80 Å². The second kappa shape index (κ2) is 6.94. The molecule has 6 heteroatoms. The molecule has 0 unspecified atom stereocenters. The molecule has 2 fully saturated rings. The second-order valence-electron chi connectivity index (χ2n) is 6.05. The summed E-state index contributed by atoms with van der Waals surface area (Å²) < 4.78 is 0. The number of anilines is 2. The van der Waals surface area contributed by atoms with Gasteiger partial charge in [0.25, 0.3) is 0 Å². The lowest BCUT2D eigenvalue weighted by molar-refractivity contribution is -0.131. The number of amides is 1. The molecule has 0 atom stereocenters. The van der Waals surface area contributed by atoms with E-state index in [1.54, 1.807) is 6.33 Å². The van der Waals surface area contributed by atoms with Crippen LogP contribution in [0.1, 0.15) is 32.6 Å². The Balaban J connectivity index is 1.61. The highest BCUT2D eigenvalue weighted by atomic mass is 16.2. The number of piperazine rings is 1. The minimum absolute atomic E-state index is 0.280. The molecule has 0 saturated carbocycles. The molecule has 0 radical (unpaired) electrons. The van der Waals surface area contributed by atoms with Gasteiger partial charge in [-0.05, 0) is 19.3 Å². The van der Waals surface area contributed by atoms with Crippen LogP contribution in [0.3, 0.4) is 0 Å². The Morgan fingerprint density at radius 1 is 1.00 bits per heavy atom. The summed E-state index contributed by atoms with van der Waals surface area (Å²) in [5.74, 6) is 2.30. The summed E-state index contributed by atoms with van der Waals surface area (Å²) >= 11 is 0. The highest BCUT2D eigenvalue weighted by Gasteiger charge is 2.22. The van der Waals surface area contributed by atoms with Crippen LogP contribution in [0.25, 0.3) is 0 Å². The van der Waals surface area contributed by atoms with Gasteiger partial charge in [-0.15, -0.1) is 0 Å². The molecule has 0 bridgehead atoms. The summed E-state index contributed by atoms with van der Waals surface area (Å²) in [6.07, 6.45) is 5.74. The van der Waals surface area contributed by atoms with Crippen molar-refractivity contribution in [2.45, 2.75) is 32.6 Å². The second-order valence-corrected chi connectivity index (χ2v) is 6.05. The van der Waals surface area contributed by atoms with Gasteiger partial charge in [0.15, 0.2) is 0 Å². The van der Waals surface area contributed by atoms with E-state index in [9.17, 15) is 4.79 Å². The van der Waals surface area contributed by atoms with E-state index in [1.807, 2.05) is 4.90 Å². The van der Waals surface area contributed by atoms with Gasteiger partial charge in [-0.25, -0.2) is 9.97 Å². The zero-order chi connectivity index (χ0) is 15.4. The van der Waals surface area contributed by atoms with E-state index < -0.39 is 0 Å². The standard InChI is InChI=1S/C16H25N5O/c1-2-5-16(22)21-10-8-20(9-11-21)15-12-14(17-13-18-15)19-6-3-4-7-19/h12-13H,2-11H2,1H3. The van der Waals surface area contributed by atoms with E-state index in [-0.39, 0.29) is 5.91 Å². The van der Waals surface area contributed by atoms with Gasteiger partial charge in [-0.2, -0.15) is 0 Å². The molecule has 120 valence electrons. The van der Waals surface area contributed by atoms with Crippen LogP contribution in [0, 0.1) is 0 Å². The fourth-order valence-electron chi connectivity index (χ4n) is 3.19. The predicted molar refractivity (Wildman–Crippen MR) is 87.2 cm³/mol. The molecule has 0 aromatic carbocycles. The van der Waals surface area contributed by atoms with Crippen LogP contribution >= 0.6 is 0 Å². The Morgan fingerprint density at radius 3 is 2.18 bits per heavy atom. The van der Waals surface area contributed by atoms with E-state index in [2.05, 4.69) is 32.8 Å². The maximum atomic E-state index is 11.9. The molecule has 1 amide bonds. The number of carbonyl (C=O) groups is 1. The van der Waals surface area contributed by atoms with Crippen LogP contribution in [-0.2, 0) is 4.79 Å². The highest BCUT2D eigenvalue weighted by molar-refractivity contribution is 5.76. The lowest BCUT2D eigenvalue weighted by Gasteiger charge is -2.35. The Hall–Kier alpha value is -1.85. The van der Waals surface area contributed by atoms with Crippen molar-refractivity contribution in [3.63, 3.8) is 0 Å². The van der Waals surface area contributed by atoms with Crippen LogP contribution in [0.15, 0.2) is 12.4 Å². The van der Waals surface area contributed by atoms with Crippen molar-refractivity contribution in [1.82, 2.24) is 14.9 Å². The third-order valence-corrected chi connectivity index (χ3v) is 4.49. The Morgan fingerprint density at radius 2 is 1.59 bits per heavy atom. The predicted octanol–water partition coefficient (Wildman–Crippen LogP) is 1.53.